The number of ether oxygens (including phenoxy) is 1. The summed E-state index contributed by atoms with van der Waals surface area (Å²) in [6, 6.07) is 12.9. The maximum Gasteiger partial charge on any atom is 0.338 e. The third kappa shape index (κ3) is 3.04. The predicted molar refractivity (Wildman–Crippen MR) is 86.9 cm³/mol. The number of carbonyl (C=O) groups excluding carboxylic acids is 1. The molecule has 5 nitrogen and oxygen atoms in total. The Morgan fingerprint density at radius 1 is 1.26 bits per heavy atom. The normalized spacial score (nSPS) is 17.5. The molecule has 1 aromatic heterocycles. The van der Waals surface area contributed by atoms with Gasteiger partial charge in [-0.2, -0.15) is 0 Å². The van der Waals surface area contributed by atoms with Crippen LogP contribution in [0.3, 0.4) is 0 Å². The first-order valence-electron chi connectivity index (χ1n) is 7.52. The van der Waals surface area contributed by atoms with Crippen LogP contribution in [0.2, 0.25) is 0 Å². The fraction of sp³-hybridized carbons (Fsp3) is 0.222. The molecule has 0 saturated carbocycles. The van der Waals surface area contributed by atoms with Crippen LogP contribution in [0.5, 0.6) is 0 Å². The highest BCUT2D eigenvalue weighted by atomic mass is 16.5. The quantitative estimate of drug-likeness (QED) is 0.881. The summed E-state index contributed by atoms with van der Waals surface area (Å²) in [4.78, 5) is 17.1. The molecule has 0 aliphatic carbocycles. The largest absolute Gasteiger partial charge is 0.463 e. The van der Waals surface area contributed by atoms with E-state index in [4.69, 9.17) is 9.15 Å². The van der Waals surface area contributed by atoms with Gasteiger partial charge in [0.1, 0.15) is 6.04 Å². The Balaban J connectivity index is 2.05. The van der Waals surface area contributed by atoms with Crippen molar-refractivity contribution in [3.05, 3.63) is 71.3 Å². The van der Waals surface area contributed by atoms with Gasteiger partial charge in [0.25, 0.3) is 0 Å². The van der Waals surface area contributed by atoms with Gasteiger partial charge in [-0.3, -0.25) is 4.99 Å². The van der Waals surface area contributed by atoms with Crippen molar-refractivity contribution in [2.45, 2.75) is 19.9 Å². The van der Waals surface area contributed by atoms with Gasteiger partial charge in [-0.1, -0.05) is 30.3 Å². The van der Waals surface area contributed by atoms with Crippen LogP contribution >= 0.6 is 0 Å². The molecule has 0 bridgehead atoms. The lowest BCUT2D eigenvalue weighted by Crippen LogP contribution is -2.32. The molecule has 0 radical (unpaired) electrons. The van der Waals surface area contributed by atoms with Crippen LogP contribution in [0.1, 0.15) is 31.2 Å². The molecule has 1 unspecified atom stereocenters. The summed E-state index contributed by atoms with van der Waals surface area (Å²) in [5.74, 6) is 0.885. The molecule has 1 atom stereocenters. The molecule has 23 heavy (non-hydrogen) atoms. The summed E-state index contributed by atoms with van der Waals surface area (Å²) in [6.07, 6.45) is 1.59. The van der Waals surface area contributed by atoms with Gasteiger partial charge in [-0.25, -0.2) is 4.79 Å². The zero-order chi connectivity index (χ0) is 16.2. The number of esters is 1. The number of nitrogens with one attached hydrogen (secondary N) is 1. The molecule has 0 spiro atoms. The molecule has 1 aliphatic heterocycles. The average molecular weight is 310 g/mol. The van der Waals surface area contributed by atoms with Crippen molar-refractivity contribution in [1.82, 2.24) is 5.32 Å². The molecule has 0 saturated heterocycles. The summed E-state index contributed by atoms with van der Waals surface area (Å²) >= 11 is 0. The SMILES string of the molecule is CCOC(=O)C1=C(C)NC(c2ccco2)=NC1c1ccccc1. The van der Waals surface area contributed by atoms with Gasteiger partial charge in [0.15, 0.2) is 11.6 Å². The van der Waals surface area contributed by atoms with Crippen LogP contribution in [0, 0.1) is 0 Å². The monoisotopic (exact) mass is 310 g/mol. The van der Waals surface area contributed by atoms with E-state index in [-0.39, 0.29) is 5.97 Å². The average Bonchev–Trinajstić information content (AvgIpc) is 3.09. The van der Waals surface area contributed by atoms with Gasteiger partial charge >= 0.3 is 5.97 Å². The van der Waals surface area contributed by atoms with Crippen molar-refractivity contribution in [3.8, 4) is 0 Å². The van der Waals surface area contributed by atoms with Crippen molar-refractivity contribution in [2.24, 2.45) is 4.99 Å². The first-order valence-corrected chi connectivity index (χ1v) is 7.52. The molecule has 2 aromatic rings. The lowest BCUT2D eigenvalue weighted by atomic mass is 9.96. The summed E-state index contributed by atoms with van der Waals surface area (Å²) < 4.78 is 10.6. The van der Waals surface area contributed by atoms with E-state index < -0.39 is 6.04 Å². The van der Waals surface area contributed by atoms with Crippen molar-refractivity contribution < 1.29 is 13.9 Å². The van der Waals surface area contributed by atoms with E-state index in [0.717, 1.165) is 11.3 Å². The lowest BCUT2D eigenvalue weighted by molar-refractivity contribution is -0.138. The van der Waals surface area contributed by atoms with Gasteiger partial charge in [0, 0.05) is 5.70 Å². The van der Waals surface area contributed by atoms with Gasteiger partial charge in [0.05, 0.1) is 18.4 Å². The van der Waals surface area contributed by atoms with Crippen LogP contribution in [-0.2, 0) is 9.53 Å². The predicted octanol–water partition coefficient (Wildman–Crippen LogP) is 3.21. The minimum Gasteiger partial charge on any atom is -0.463 e. The fourth-order valence-corrected chi connectivity index (χ4v) is 2.56. The van der Waals surface area contributed by atoms with Gasteiger partial charge < -0.3 is 14.5 Å². The first-order chi connectivity index (χ1) is 11.2. The van der Waals surface area contributed by atoms with E-state index >= 15 is 0 Å². The van der Waals surface area contributed by atoms with E-state index in [1.807, 2.05) is 43.3 Å². The van der Waals surface area contributed by atoms with E-state index in [1.165, 1.54) is 0 Å². The molecule has 0 fully saturated rings. The molecule has 118 valence electrons. The van der Waals surface area contributed by atoms with Crippen LogP contribution in [0.15, 0.2) is 69.4 Å². The Bertz CT molecular complexity index is 746. The van der Waals surface area contributed by atoms with Crippen molar-refractivity contribution in [1.29, 1.82) is 0 Å². The number of amidine groups is 1. The van der Waals surface area contributed by atoms with Crippen LogP contribution < -0.4 is 5.32 Å². The van der Waals surface area contributed by atoms with Gasteiger partial charge in [0.2, 0.25) is 0 Å². The molecule has 1 aromatic carbocycles. The van der Waals surface area contributed by atoms with Crippen molar-refractivity contribution in [2.75, 3.05) is 6.61 Å². The Morgan fingerprint density at radius 3 is 2.70 bits per heavy atom. The van der Waals surface area contributed by atoms with E-state index in [9.17, 15) is 4.79 Å². The molecule has 5 heteroatoms. The molecular weight excluding hydrogens is 292 g/mol. The van der Waals surface area contributed by atoms with Crippen molar-refractivity contribution in [3.63, 3.8) is 0 Å². The van der Waals surface area contributed by atoms with Crippen LogP contribution in [0.25, 0.3) is 0 Å². The number of hydrogen-bond acceptors (Lipinski definition) is 5. The maximum absolute atomic E-state index is 12.4. The summed E-state index contributed by atoms with van der Waals surface area (Å²) in [7, 11) is 0. The fourth-order valence-electron chi connectivity index (χ4n) is 2.56. The maximum atomic E-state index is 12.4. The molecule has 1 aliphatic rings. The van der Waals surface area contributed by atoms with E-state index in [2.05, 4.69) is 10.3 Å². The number of benzene rings is 1. The smallest absolute Gasteiger partial charge is 0.338 e. The second-order valence-electron chi connectivity index (χ2n) is 5.15. The molecule has 0 amide bonds. The number of furan rings is 1. The van der Waals surface area contributed by atoms with Gasteiger partial charge in [-0.15, -0.1) is 0 Å². The van der Waals surface area contributed by atoms with Crippen LogP contribution in [0.4, 0.5) is 0 Å². The van der Waals surface area contributed by atoms with Crippen LogP contribution in [-0.4, -0.2) is 18.4 Å². The minimum atomic E-state index is -0.420. The Labute approximate surface area is 134 Å². The summed E-state index contributed by atoms with van der Waals surface area (Å²) in [5, 5.41) is 3.14. The van der Waals surface area contributed by atoms with Crippen molar-refractivity contribution >= 4 is 11.8 Å². The highest BCUT2D eigenvalue weighted by Crippen LogP contribution is 2.32. The minimum absolute atomic E-state index is 0.325. The number of nitrogens with zero attached hydrogens (tertiary/aromatic N) is 1. The number of hydrogen-bond donors (Lipinski definition) is 1. The molecular formula is C18H18N2O3. The lowest BCUT2D eigenvalue weighted by Gasteiger charge is -2.25. The standard InChI is InChI=1S/C18H18N2O3/c1-3-22-18(21)15-12(2)19-17(14-10-7-11-23-14)20-16(15)13-8-5-4-6-9-13/h4-11,16H,3H2,1-2H3,(H,19,20). The number of rotatable bonds is 4. The summed E-state index contributed by atoms with van der Waals surface area (Å²) in [6.45, 7) is 3.96. The second-order valence-corrected chi connectivity index (χ2v) is 5.15. The molecule has 2 heterocycles. The third-order valence-corrected chi connectivity index (χ3v) is 3.61. The highest BCUT2D eigenvalue weighted by molar-refractivity contribution is 6.02. The topological polar surface area (TPSA) is 63.8 Å². The van der Waals surface area contributed by atoms with E-state index in [0.29, 0.717) is 23.8 Å². The Hall–Kier alpha value is -2.82. The summed E-state index contributed by atoms with van der Waals surface area (Å²) in [5.41, 5.74) is 2.17. The number of allylic oxidation sites excluding steroid dienone is 1. The second kappa shape index (κ2) is 6.52. The number of carbonyl (C=O) groups is 1. The first kappa shape index (κ1) is 15.1. The Kier molecular flexibility index (Phi) is 4.28. The zero-order valence-corrected chi connectivity index (χ0v) is 13.1. The Morgan fingerprint density at radius 2 is 2.04 bits per heavy atom. The van der Waals surface area contributed by atoms with Gasteiger partial charge in [-0.05, 0) is 31.5 Å². The third-order valence-electron chi connectivity index (χ3n) is 3.61. The zero-order valence-electron chi connectivity index (χ0n) is 13.1. The molecule has 1 N–H and O–H groups in total. The number of aliphatic imine (C=N–C) groups is 1. The van der Waals surface area contributed by atoms with E-state index in [1.54, 1.807) is 19.3 Å². The highest BCUT2D eigenvalue weighted by Gasteiger charge is 2.31. The molecule has 3 rings (SSSR count).